The predicted molar refractivity (Wildman–Crippen MR) is 48.2 cm³/mol. The summed E-state index contributed by atoms with van der Waals surface area (Å²) in [7, 11) is 0. The van der Waals surface area contributed by atoms with Crippen LogP contribution in [0.2, 0.25) is 5.02 Å². The fourth-order valence-electron chi connectivity index (χ4n) is 0.900. The third-order valence-electron chi connectivity index (χ3n) is 1.40. The van der Waals surface area contributed by atoms with E-state index in [0.717, 1.165) is 11.4 Å². The Bertz CT molecular complexity index is 279. The fraction of sp³-hybridized carbons (Fsp3) is 0.143. The normalized spacial score (nSPS) is 14.6. The highest BCUT2D eigenvalue weighted by Gasteiger charge is 2.08. The molecule has 0 atom stereocenters. The number of rotatable bonds is 0. The number of hydrogen-bond acceptors (Lipinski definition) is 3. The van der Waals surface area contributed by atoms with Crippen molar-refractivity contribution in [1.29, 1.82) is 0 Å². The first-order valence-corrected chi connectivity index (χ1v) is 4.53. The van der Waals surface area contributed by atoms with Crippen LogP contribution in [0.3, 0.4) is 0 Å². The molecule has 0 unspecified atom stereocenters. The van der Waals surface area contributed by atoms with Crippen molar-refractivity contribution in [2.75, 3.05) is 10.7 Å². The average molecular weight is 188 g/mol. The maximum Gasteiger partial charge on any atom is 0.153 e. The first-order valence-electron chi connectivity index (χ1n) is 3.16. The molecule has 2 nitrogen and oxygen atoms in total. The smallest absolute Gasteiger partial charge is 0.153 e. The van der Waals surface area contributed by atoms with Gasteiger partial charge in [0.15, 0.2) is 5.94 Å². The summed E-state index contributed by atoms with van der Waals surface area (Å²) in [6.07, 6.45) is 0. The Morgan fingerprint density at radius 2 is 2.45 bits per heavy atom. The molecule has 1 heterocycles. The number of halogens is 1. The molecule has 0 amide bonds. The largest absolute Gasteiger partial charge is 0.479 e. The SMILES string of the molecule is Clc1ccc2c(c1)OCSN2. The molecular weight excluding hydrogens is 182 g/mol. The number of anilines is 1. The third kappa shape index (κ3) is 1.39. The van der Waals surface area contributed by atoms with Crippen LogP contribution in [0.5, 0.6) is 5.75 Å². The van der Waals surface area contributed by atoms with E-state index in [1.807, 2.05) is 18.2 Å². The van der Waals surface area contributed by atoms with E-state index in [-0.39, 0.29) is 0 Å². The molecule has 0 spiro atoms. The summed E-state index contributed by atoms with van der Waals surface area (Å²) in [4.78, 5) is 0. The number of benzene rings is 1. The molecule has 0 radical (unpaired) electrons. The van der Waals surface area contributed by atoms with Gasteiger partial charge in [-0.05, 0) is 24.1 Å². The van der Waals surface area contributed by atoms with Crippen LogP contribution in [-0.4, -0.2) is 5.94 Å². The highest BCUT2D eigenvalue weighted by atomic mass is 35.5. The average Bonchev–Trinajstić information content (AvgIpc) is 2.04. The van der Waals surface area contributed by atoms with Crippen molar-refractivity contribution in [1.82, 2.24) is 0 Å². The van der Waals surface area contributed by atoms with Gasteiger partial charge in [0.25, 0.3) is 0 Å². The van der Waals surface area contributed by atoms with E-state index < -0.39 is 0 Å². The van der Waals surface area contributed by atoms with Crippen molar-refractivity contribution >= 4 is 29.2 Å². The molecule has 1 aromatic carbocycles. The number of ether oxygens (including phenoxy) is 1. The Hall–Kier alpha value is -0.540. The van der Waals surface area contributed by atoms with E-state index in [0.29, 0.717) is 11.0 Å². The maximum atomic E-state index is 5.76. The molecule has 58 valence electrons. The molecule has 0 fully saturated rings. The second kappa shape index (κ2) is 2.83. The van der Waals surface area contributed by atoms with Gasteiger partial charge in [-0.1, -0.05) is 11.6 Å². The summed E-state index contributed by atoms with van der Waals surface area (Å²) in [6, 6.07) is 5.55. The van der Waals surface area contributed by atoms with E-state index >= 15 is 0 Å². The van der Waals surface area contributed by atoms with E-state index in [4.69, 9.17) is 16.3 Å². The van der Waals surface area contributed by atoms with Crippen LogP contribution in [0.4, 0.5) is 5.69 Å². The molecular formula is C7H6ClNOS. The zero-order chi connectivity index (χ0) is 7.68. The molecule has 11 heavy (non-hydrogen) atoms. The lowest BCUT2D eigenvalue weighted by molar-refractivity contribution is 0.392. The summed E-state index contributed by atoms with van der Waals surface area (Å²) in [5.41, 5.74) is 0.991. The predicted octanol–water partition coefficient (Wildman–Crippen LogP) is 2.75. The van der Waals surface area contributed by atoms with Crippen molar-refractivity contribution < 1.29 is 4.74 Å². The molecule has 1 aliphatic rings. The Labute approximate surface area is 74.0 Å². The van der Waals surface area contributed by atoms with Gasteiger partial charge >= 0.3 is 0 Å². The van der Waals surface area contributed by atoms with Crippen LogP contribution >= 0.6 is 23.5 Å². The van der Waals surface area contributed by atoms with Gasteiger partial charge in [0.05, 0.1) is 5.69 Å². The van der Waals surface area contributed by atoms with Gasteiger partial charge in [0.2, 0.25) is 0 Å². The zero-order valence-corrected chi connectivity index (χ0v) is 7.21. The van der Waals surface area contributed by atoms with E-state index in [9.17, 15) is 0 Å². The topological polar surface area (TPSA) is 21.3 Å². The van der Waals surface area contributed by atoms with Gasteiger partial charge in [-0.15, -0.1) is 0 Å². The van der Waals surface area contributed by atoms with Gasteiger partial charge in [-0.3, -0.25) is 0 Å². The summed E-state index contributed by atoms with van der Waals surface area (Å²) in [5, 5.41) is 0.706. The summed E-state index contributed by atoms with van der Waals surface area (Å²) in [6.45, 7) is 0. The van der Waals surface area contributed by atoms with Crippen molar-refractivity contribution in [3.8, 4) is 5.75 Å². The molecule has 0 bridgehead atoms. The standard InChI is InChI=1S/C7H6ClNOS/c8-5-1-2-6-7(3-5)10-4-11-9-6/h1-3,9H,4H2. The van der Waals surface area contributed by atoms with Gasteiger partial charge < -0.3 is 9.46 Å². The molecule has 0 aliphatic carbocycles. The quantitative estimate of drug-likeness (QED) is 0.632. The molecule has 1 aromatic rings. The van der Waals surface area contributed by atoms with Crippen molar-refractivity contribution in [2.24, 2.45) is 0 Å². The minimum atomic E-state index is 0.632. The van der Waals surface area contributed by atoms with Crippen LogP contribution in [0.15, 0.2) is 18.2 Å². The number of fused-ring (bicyclic) bond motifs is 1. The highest BCUT2D eigenvalue weighted by Crippen LogP contribution is 2.33. The monoisotopic (exact) mass is 187 g/mol. The lowest BCUT2D eigenvalue weighted by Gasteiger charge is -2.17. The van der Waals surface area contributed by atoms with E-state index in [1.54, 1.807) is 0 Å². The van der Waals surface area contributed by atoms with E-state index in [2.05, 4.69) is 4.72 Å². The van der Waals surface area contributed by atoms with Crippen LogP contribution in [0, 0.1) is 0 Å². The second-order valence-corrected chi connectivity index (χ2v) is 3.31. The lowest BCUT2D eigenvalue weighted by atomic mass is 10.3. The number of nitrogens with one attached hydrogen (secondary N) is 1. The molecule has 0 saturated heterocycles. The number of hydrogen-bond donors (Lipinski definition) is 1. The lowest BCUT2D eigenvalue weighted by Crippen LogP contribution is -2.05. The highest BCUT2D eigenvalue weighted by molar-refractivity contribution is 8.00. The van der Waals surface area contributed by atoms with E-state index in [1.165, 1.54) is 11.9 Å². The summed E-state index contributed by atoms with van der Waals surface area (Å²) in [5.74, 6) is 1.46. The van der Waals surface area contributed by atoms with Gasteiger partial charge in [-0.2, -0.15) is 0 Å². The Balaban J connectivity index is 2.43. The van der Waals surface area contributed by atoms with Gasteiger partial charge in [0.1, 0.15) is 5.75 Å². The maximum absolute atomic E-state index is 5.76. The van der Waals surface area contributed by atoms with Crippen LogP contribution in [-0.2, 0) is 0 Å². The van der Waals surface area contributed by atoms with Crippen molar-refractivity contribution in [3.05, 3.63) is 23.2 Å². The Kier molecular flexibility index (Phi) is 1.84. The first-order chi connectivity index (χ1) is 5.36. The molecule has 1 N–H and O–H groups in total. The van der Waals surface area contributed by atoms with Crippen molar-refractivity contribution in [3.63, 3.8) is 0 Å². The van der Waals surface area contributed by atoms with Crippen LogP contribution in [0.25, 0.3) is 0 Å². The molecule has 2 rings (SSSR count). The van der Waals surface area contributed by atoms with Crippen LogP contribution in [0.1, 0.15) is 0 Å². The Morgan fingerprint density at radius 3 is 3.36 bits per heavy atom. The van der Waals surface area contributed by atoms with Gasteiger partial charge in [0, 0.05) is 11.1 Å². The molecule has 0 saturated carbocycles. The molecule has 4 heteroatoms. The third-order valence-corrected chi connectivity index (χ3v) is 2.23. The summed E-state index contributed by atoms with van der Waals surface area (Å²) >= 11 is 7.29. The summed E-state index contributed by atoms with van der Waals surface area (Å²) < 4.78 is 8.44. The zero-order valence-electron chi connectivity index (χ0n) is 5.63. The minimum Gasteiger partial charge on any atom is -0.479 e. The molecule has 0 aromatic heterocycles. The van der Waals surface area contributed by atoms with Crippen LogP contribution < -0.4 is 9.46 Å². The van der Waals surface area contributed by atoms with Gasteiger partial charge in [-0.25, -0.2) is 0 Å². The fourth-order valence-corrected chi connectivity index (χ4v) is 1.63. The Morgan fingerprint density at radius 1 is 1.55 bits per heavy atom. The van der Waals surface area contributed by atoms with Crippen molar-refractivity contribution in [2.45, 2.75) is 0 Å². The molecule has 1 aliphatic heterocycles. The second-order valence-electron chi connectivity index (χ2n) is 2.15. The minimum absolute atomic E-state index is 0.632. The first kappa shape index (κ1) is 7.13.